The van der Waals surface area contributed by atoms with Crippen molar-refractivity contribution in [1.82, 2.24) is 0 Å². The third-order valence-corrected chi connectivity index (χ3v) is 6.26. The number of thiophene rings is 1. The number of nitro benzene ring substituents is 1. The molecule has 0 spiro atoms. The zero-order valence-electron chi connectivity index (χ0n) is 16.7. The van der Waals surface area contributed by atoms with E-state index in [1.807, 2.05) is 0 Å². The van der Waals surface area contributed by atoms with Gasteiger partial charge in [-0.15, -0.1) is 11.3 Å². The van der Waals surface area contributed by atoms with Gasteiger partial charge in [0.1, 0.15) is 11.1 Å². The molecule has 0 saturated carbocycles. The standard InChI is InChI=1S/C21H21N3O5S/c1-12-10-14(8-9-17(12)24(27)28)21(26)29-13(2)19(25)23-20-16(11-22)15-6-4-3-5-7-18(15)30-20/h8-10,13H,3-7H2,1-2H3,(H,23,25). The van der Waals surface area contributed by atoms with E-state index in [9.17, 15) is 25.0 Å². The molecule has 9 heteroatoms. The first-order valence-electron chi connectivity index (χ1n) is 9.63. The molecule has 1 unspecified atom stereocenters. The molecule has 30 heavy (non-hydrogen) atoms. The van der Waals surface area contributed by atoms with Crippen LogP contribution in [0.3, 0.4) is 0 Å². The van der Waals surface area contributed by atoms with Crippen LogP contribution < -0.4 is 5.32 Å². The summed E-state index contributed by atoms with van der Waals surface area (Å²) in [6.07, 6.45) is 3.84. The quantitative estimate of drug-likeness (QED) is 0.329. The molecule has 0 fully saturated rings. The molecule has 1 amide bonds. The second-order valence-corrected chi connectivity index (χ2v) is 8.28. The molecular weight excluding hydrogens is 406 g/mol. The Kier molecular flexibility index (Phi) is 6.47. The predicted molar refractivity (Wildman–Crippen MR) is 112 cm³/mol. The molecule has 8 nitrogen and oxygen atoms in total. The van der Waals surface area contributed by atoms with Crippen LogP contribution in [0.15, 0.2) is 18.2 Å². The molecule has 1 aliphatic carbocycles. The maximum absolute atomic E-state index is 12.6. The van der Waals surface area contributed by atoms with Gasteiger partial charge >= 0.3 is 5.97 Å². The van der Waals surface area contributed by atoms with Gasteiger partial charge in [-0.3, -0.25) is 14.9 Å². The van der Waals surface area contributed by atoms with E-state index < -0.39 is 22.9 Å². The minimum absolute atomic E-state index is 0.0983. The minimum atomic E-state index is -1.10. The summed E-state index contributed by atoms with van der Waals surface area (Å²) in [5.74, 6) is -1.28. The van der Waals surface area contributed by atoms with E-state index in [2.05, 4.69) is 11.4 Å². The summed E-state index contributed by atoms with van der Waals surface area (Å²) in [7, 11) is 0. The van der Waals surface area contributed by atoms with Gasteiger partial charge in [0.15, 0.2) is 6.10 Å². The van der Waals surface area contributed by atoms with Gasteiger partial charge < -0.3 is 10.1 Å². The third kappa shape index (κ3) is 4.49. The highest BCUT2D eigenvalue weighted by molar-refractivity contribution is 7.16. The first-order valence-corrected chi connectivity index (χ1v) is 10.4. The fraction of sp³-hybridized carbons (Fsp3) is 0.381. The van der Waals surface area contributed by atoms with Crippen molar-refractivity contribution in [3.05, 3.63) is 55.4 Å². The number of nitrogens with zero attached hydrogens (tertiary/aromatic N) is 2. The van der Waals surface area contributed by atoms with Gasteiger partial charge in [0.2, 0.25) is 0 Å². The normalized spacial score (nSPS) is 14.0. The van der Waals surface area contributed by atoms with E-state index >= 15 is 0 Å². The Balaban J connectivity index is 1.70. The minimum Gasteiger partial charge on any atom is -0.449 e. The number of benzene rings is 1. The number of hydrogen-bond donors (Lipinski definition) is 1. The Bertz CT molecular complexity index is 1050. The van der Waals surface area contributed by atoms with Crippen molar-refractivity contribution in [3.8, 4) is 6.07 Å². The summed E-state index contributed by atoms with van der Waals surface area (Å²) in [5.41, 5.74) is 1.86. The van der Waals surface area contributed by atoms with Crippen LogP contribution in [0.25, 0.3) is 0 Å². The van der Waals surface area contributed by atoms with Gasteiger partial charge in [0, 0.05) is 16.5 Å². The number of carbonyl (C=O) groups is 2. The number of fused-ring (bicyclic) bond motifs is 1. The summed E-state index contributed by atoms with van der Waals surface area (Å²) >= 11 is 1.41. The number of esters is 1. The molecule has 2 aromatic rings. The monoisotopic (exact) mass is 427 g/mol. The molecule has 1 atom stereocenters. The Morgan fingerprint density at radius 1 is 1.30 bits per heavy atom. The topological polar surface area (TPSA) is 122 Å². The largest absolute Gasteiger partial charge is 0.449 e. The number of rotatable bonds is 5. The third-order valence-electron chi connectivity index (χ3n) is 5.05. The van der Waals surface area contributed by atoms with Crippen molar-refractivity contribution in [2.75, 3.05) is 5.32 Å². The van der Waals surface area contributed by atoms with Gasteiger partial charge in [-0.05, 0) is 57.2 Å². The average Bonchev–Trinajstić information content (AvgIpc) is 2.86. The Morgan fingerprint density at radius 3 is 2.70 bits per heavy atom. The van der Waals surface area contributed by atoms with Crippen LogP contribution >= 0.6 is 11.3 Å². The molecular formula is C21H21N3O5S. The fourth-order valence-corrected chi connectivity index (χ4v) is 4.67. The number of anilines is 1. The van der Waals surface area contributed by atoms with Gasteiger partial charge in [0.05, 0.1) is 16.1 Å². The first kappa shape index (κ1) is 21.5. The second-order valence-electron chi connectivity index (χ2n) is 7.18. The lowest BCUT2D eigenvalue weighted by atomic mass is 10.1. The lowest BCUT2D eigenvalue weighted by Gasteiger charge is -2.13. The van der Waals surface area contributed by atoms with Crippen LogP contribution in [0.4, 0.5) is 10.7 Å². The number of aryl methyl sites for hydroxylation is 2. The van der Waals surface area contributed by atoms with Crippen LogP contribution in [0, 0.1) is 28.4 Å². The maximum atomic E-state index is 12.6. The van der Waals surface area contributed by atoms with Gasteiger partial charge in [-0.1, -0.05) is 6.42 Å². The van der Waals surface area contributed by atoms with Crippen molar-refractivity contribution >= 4 is 33.9 Å². The van der Waals surface area contributed by atoms with E-state index in [4.69, 9.17) is 4.74 Å². The van der Waals surface area contributed by atoms with Crippen LogP contribution in [0.1, 0.15) is 58.1 Å². The number of nitro groups is 1. The van der Waals surface area contributed by atoms with Crippen molar-refractivity contribution in [1.29, 1.82) is 5.26 Å². The van der Waals surface area contributed by atoms with Crippen LogP contribution in [-0.2, 0) is 22.4 Å². The van der Waals surface area contributed by atoms with Crippen LogP contribution in [-0.4, -0.2) is 22.9 Å². The second kappa shape index (κ2) is 9.05. The van der Waals surface area contributed by atoms with E-state index in [1.54, 1.807) is 0 Å². The summed E-state index contributed by atoms with van der Waals surface area (Å²) in [6.45, 7) is 2.96. The van der Waals surface area contributed by atoms with Gasteiger partial charge in [0.25, 0.3) is 11.6 Å². The number of amides is 1. The van der Waals surface area contributed by atoms with Crippen molar-refractivity contribution in [2.45, 2.75) is 52.1 Å². The zero-order valence-corrected chi connectivity index (χ0v) is 17.5. The maximum Gasteiger partial charge on any atom is 0.338 e. The molecule has 156 valence electrons. The zero-order chi connectivity index (χ0) is 21.8. The molecule has 1 heterocycles. The molecule has 1 N–H and O–H groups in total. The van der Waals surface area contributed by atoms with Crippen LogP contribution in [0.2, 0.25) is 0 Å². The summed E-state index contributed by atoms with van der Waals surface area (Å²) in [5, 5.41) is 23.7. The Morgan fingerprint density at radius 2 is 2.03 bits per heavy atom. The summed E-state index contributed by atoms with van der Waals surface area (Å²) in [4.78, 5) is 36.4. The Labute approximate surface area is 177 Å². The lowest BCUT2D eigenvalue weighted by Crippen LogP contribution is -2.30. The molecule has 1 aromatic carbocycles. The molecule has 1 aliphatic rings. The lowest BCUT2D eigenvalue weighted by molar-refractivity contribution is -0.385. The SMILES string of the molecule is Cc1cc(C(=O)OC(C)C(=O)Nc2sc3c(c2C#N)CCCCC3)ccc1[N+](=O)[O-]. The van der Waals surface area contributed by atoms with Gasteiger partial charge in [-0.25, -0.2) is 4.79 Å². The number of carbonyl (C=O) groups excluding carboxylic acids is 2. The number of nitrogens with one attached hydrogen (secondary N) is 1. The molecule has 1 aromatic heterocycles. The highest BCUT2D eigenvalue weighted by Crippen LogP contribution is 2.37. The van der Waals surface area contributed by atoms with E-state index in [1.165, 1.54) is 43.4 Å². The first-order chi connectivity index (χ1) is 14.3. The van der Waals surface area contributed by atoms with Crippen molar-refractivity contribution < 1.29 is 19.2 Å². The average molecular weight is 427 g/mol. The highest BCUT2D eigenvalue weighted by Gasteiger charge is 2.25. The fourth-order valence-electron chi connectivity index (χ4n) is 3.43. The van der Waals surface area contributed by atoms with Crippen LogP contribution in [0.5, 0.6) is 0 Å². The summed E-state index contributed by atoms with van der Waals surface area (Å²) < 4.78 is 5.22. The molecule has 0 radical (unpaired) electrons. The number of hydrogen-bond acceptors (Lipinski definition) is 7. The van der Waals surface area contributed by atoms with E-state index in [0.29, 0.717) is 16.1 Å². The highest BCUT2D eigenvalue weighted by atomic mass is 32.1. The van der Waals surface area contributed by atoms with E-state index in [0.717, 1.165) is 42.5 Å². The number of nitriles is 1. The molecule has 0 bridgehead atoms. The molecule has 3 rings (SSSR count). The molecule has 0 saturated heterocycles. The van der Waals surface area contributed by atoms with Crippen molar-refractivity contribution in [2.24, 2.45) is 0 Å². The predicted octanol–water partition coefficient (Wildman–Crippen LogP) is 4.29. The van der Waals surface area contributed by atoms with Crippen molar-refractivity contribution in [3.63, 3.8) is 0 Å². The Hall–Kier alpha value is -3.25. The summed E-state index contributed by atoms with van der Waals surface area (Å²) in [6, 6.07) is 6.08. The number of ether oxygens (including phenoxy) is 1. The van der Waals surface area contributed by atoms with E-state index in [-0.39, 0.29) is 11.3 Å². The van der Waals surface area contributed by atoms with Gasteiger partial charge in [-0.2, -0.15) is 5.26 Å². The smallest absolute Gasteiger partial charge is 0.338 e. The molecule has 0 aliphatic heterocycles.